The van der Waals surface area contributed by atoms with Crippen LogP contribution in [-0.4, -0.2) is 19.6 Å². The number of aromatic nitrogens is 4. The molecule has 3 aromatic heterocycles. The third kappa shape index (κ3) is 2.61. The predicted octanol–water partition coefficient (Wildman–Crippen LogP) is 3.32. The fourth-order valence-corrected chi connectivity index (χ4v) is 2.17. The smallest absolute Gasteiger partial charge is 0.216 e. The molecule has 0 aliphatic carbocycles. The molecule has 0 saturated heterocycles. The Hall–Kier alpha value is -2.37. The first-order valence-electron chi connectivity index (χ1n) is 7.07. The number of hydrogen-bond acceptors (Lipinski definition) is 5. The highest BCUT2D eigenvalue weighted by atomic mass is 16.4. The van der Waals surface area contributed by atoms with Gasteiger partial charge < -0.3 is 9.73 Å². The maximum absolute atomic E-state index is 5.55. The van der Waals surface area contributed by atoms with E-state index in [1.165, 1.54) is 0 Å². The van der Waals surface area contributed by atoms with E-state index in [4.69, 9.17) is 4.42 Å². The molecule has 0 aromatic carbocycles. The van der Waals surface area contributed by atoms with Gasteiger partial charge in [-0.2, -0.15) is 5.10 Å². The lowest BCUT2D eigenvalue weighted by atomic mass is 10.1. The number of anilines is 1. The standard InChI is InChI=1S/C15H19N5O/c1-9(2)12-7-13-14(16-5-6-20(13)19-12)18-11(4)15-17-8-10(3)21-15/h5-9,11H,1-4H3,(H,16,18). The Bertz CT molecular complexity index is 758. The lowest BCUT2D eigenvalue weighted by Gasteiger charge is -2.11. The minimum absolute atomic E-state index is 0.0604. The largest absolute Gasteiger partial charge is 0.444 e. The van der Waals surface area contributed by atoms with Crippen LogP contribution in [0.25, 0.3) is 5.52 Å². The van der Waals surface area contributed by atoms with Crippen LogP contribution in [0.2, 0.25) is 0 Å². The van der Waals surface area contributed by atoms with Gasteiger partial charge in [0.05, 0.1) is 11.9 Å². The highest BCUT2D eigenvalue weighted by molar-refractivity contribution is 5.68. The predicted molar refractivity (Wildman–Crippen MR) is 80.4 cm³/mol. The molecule has 6 nitrogen and oxygen atoms in total. The second-order valence-electron chi connectivity index (χ2n) is 5.50. The van der Waals surface area contributed by atoms with Crippen LogP contribution in [0.15, 0.2) is 29.1 Å². The number of hydrogen-bond donors (Lipinski definition) is 1. The normalized spacial score (nSPS) is 13.0. The summed E-state index contributed by atoms with van der Waals surface area (Å²) in [5.74, 6) is 2.61. The van der Waals surface area contributed by atoms with E-state index < -0.39 is 0 Å². The number of fused-ring (bicyclic) bond motifs is 1. The molecule has 110 valence electrons. The maximum atomic E-state index is 5.55. The molecule has 21 heavy (non-hydrogen) atoms. The fraction of sp³-hybridized carbons (Fsp3) is 0.400. The van der Waals surface area contributed by atoms with E-state index in [1.54, 1.807) is 12.4 Å². The number of aryl methyl sites for hydroxylation is 1. The van der Waals surface area contributed by atoms with Crippen molar-refractivity contribution in [3.8, 4) is 0 Å². The van der Waals surface area contributed by atoms with Crippen LogP contribution in [0, 0.1) is 6.92 Å². The Morgan fingerprint density at radius 1 is 1.24 bits per heavy atom. The maximum Gasteiger partial charge on any atom is 0.216 e. The quantitative estimate of drug-likeness (QED) is 0.796. The van der Waals surface area contributed by atoms with Gasteiger partial charge in [0.2, 0.25) is 5.89 Å². The first-order valence-corrected chi connectivity index (χ1v) is 7.07. The van der Waals surface area contributed by atoms with Crippen LogP contribution >= 0.6 is 0 Å². The summed E-state index contributed by atoms with van der Waals surface area (Å²) >= 11 is 0. The van der Waals surface area contributed by atoms with Crippen molar-refractivity contribution in [3.05, 3.63) is 42.0 Å². The van der Waals surface area contributed by atoms with Gasteiger partial charge in [-0.25, -0.2) is 14.5 Å². The fourth-order valence-electron chi connectivity index (χ4n) is 2.17. The molecule has 0 radical (unpaired) electrons. The van der Waals surface area contributed by atoms with Crippen LogP contribution in [0.1, 0.15) is 50.1 Å². The Morgan fingerprint density at radius 3 is 2.71 bits per heavy atom. The molecule has 3 rings (SSSR count). The number of nitrogens with zero attached hydrogens (tertiary/aromatic N) is 4. The van der Waals surface area contributed by atoms with Gasteiger partial charge in [-0.15, -0.1) is 0 Å². The Kier molecular flexibility index (Phi) is 3.37. The van der Waals surface area contributed by atoms with E-state index in [1.807, 2.05) is 24.6 Å². The summed E-state index contributed by atoms with van der Waals surface area (Å²) in [6.07, 6.45) is 5.31. The molecule has 1 unspecified atom stereocenters. The molecular formula is C15H19N5O. The molecule has 0 saturated carbocycles. The third-order valence-corrected chi connectivity index (χ3v) is 3.36. The summed E-state index contributed by atoms with van der Waals surface area (Å²) in [4.78, 5) is 8.66. The van der Waals surface area contributed by atoms with Crippen molar-refractivity contribution in [1.82, 2.24) is 19.6 Å². The van der Waals surface area contributed by atoms with E-state index in [0.29, 0.717) is 11.8 Å². The van der Waals surface area contributed by atoms with E-state index in [2.05, 4.69) is 40.3 Å². The monoisotopic (exact) mass is 285 g/mol. The first-order chi connectivity index (χ1) is 10.0. The van der Waals surface area contributed by atoms with Gasteiger partial charge in [-0.3, -0.25) is 0 Å². The number of oxazole rings is 1. The van der Waals surface area contributed by atoms with E-state index >= 15 is 0 Å². The van der Waals surface area contributed by atoms with Crippen molar-refractivity contribution in [2.75, 3.05) is 5.32 Å². The van der Waals surface area contributed by atoms with Crippen molar-refractivity contribution < 1.29 is 4.42 Å². The zero-order valence-corrected chi connectivity index (χ0v) is 12.7. The number of rotatable bonds is 4. The lowest BCUT2D eigenvalue weighted by molar-refractivity contribution is 0.453. The van der Waals surface area contributed by atoms with Gasteiger partial charge in [-0.1, -0.05) is 13.8 Å². The summed E-state index contributed by atoms with van der Waals surface area (Å²) in [5, 5.41) is 7.89. The molecule has 0 amide bonds. The summed E-state index contributed by atoms with van der Waals surface area (Å²) in [6, 6.07) is 2.00. The van der Waals surface area contributed by atoms with Crippen LogP contribution in [-0.2, 0) is 0 Å². The zero-order valence-electron chi connectivity index (χ0n) is 12.7. The topological polar surface area (TPSA) is 68.2 Å². The van der Waals surface area contributed by atoms with E-state index in [0.717, 1.165) is 22.8 Å². The van der Waals surface area contributed by atoms with Crippen LogP contribution < -0.4 is 5.32 Å². The summed E-state index contributed by atoms with van der Waals surface area (Å²) in [5.41, 5.74) is 2.00. The molecule has 1 N–H and O–H groups in total. The third-order valence-electron chi connectivity index (χ3n) is 3.36. The van der Waals surface area contributed by atoms with Gasteiger partial charge in [0, 0.05) is 12.4 Å². The molecule has 0 fully saturated rings. The Balaban J connectivity index is 1.93. The average molecular weight is 285 g/mol. The minimum Gasteiger partial charge on any atom is -0.444 e. The molecule has 0 bridgehead atoms. The van der Waals surface area contributed by atoms with E-state index in [9.17, 15) is 0 Å². The highest BCUT2D eigenvalue weighted by Crippen LogP contribution is 2.23. The van der Waals surface area contributed by atoms with Crippen LogP contribution in [0.3, 0.4) is 0 Å². The van der Waals surface area contributed by atoms with Crippen molar-refractivity contribution >= 4 is 11.3 Å². The van der Waals surface area contributed by atoms with Gasteiger partial charge in [0.25, 0.3) is 0 Å². The first kappa shape index (κ1) is 13.6. The second kappa shape index (κ2) is 5.20. The SMILES string of the molecule is Cc1cnc(C(C)Nc2nccn3nc(C(C)C)cc23)o1. The van der Waals surface area contributed by atoms with Gasteiger partial charge in [-0.05, 0) is 25.8 Å². The van der Waals surface area contributed by atoms with E-state index in [-0.39, 0.29) is 6.04 Å². The Morgan fingerprint density at radius 2 is 2.05 bits per heavy atom. The van der Waals surface area contributed by atoms with Crippen molar-refractivity contribution in [3.63, 3.8) is 0 Å². The second-order valence-corrected chi connectivity index (χ2v) is 5.50. The zero-order chi connectivity index (χ0) is 15.0. The molecule has 1 atom stereocenters. The van der Waals surface area contributed by atoms with Crippen LogP contribution in [0.4, 0.5) is 5.82 Å². The van der Waals surface area contributed by atoms with Crippen molar-refractivity contribution in [1.29, 1.82) is 0 Å². The molecular weight excluding hydrogens is 266 g/mol. The summed E-state index contributed by atoms with van der Waals surface area (Å²) in [6.45, 7) is 8.13. The average Bonchev–Trinajstić information content (AvgIpc) is 3.05. The van der Waals surface area contributed by atoms with Gasteiger partial charge >= 0.3 is 0 Å². The summed E-state index contributed by atoms with van der Waals surface area (Å²) in [7, 11) is 0. The molecule has 3 heterocycles. The molecule has 0 aliphatic rings. The van der Waals surface area contributed by atoms with Gasteiger partial charge in [0.15, 0.2) is 5.82 Å². The summed E-state index contributed by atoms with van der Waals surface area (Å²) < 4.78 is 7.39. The molecule has 3 aromatic rings. The highest BCUT2D eigenvalue weighted by Gasteiger charge is 2.15. The Labute approximate surface area is 123 Å². The minimum atomic E-state index is -0.0604. The molecule has 0 aliphatic heterocycles. The van der Waals surface area contributed by atoms with Crippen LogP contribution in [0.5, 0.6) is 0 Å². The number of nitrogens with one attached hydrogen (secondary N) is 1. The lowest BCUT2D eigenvalue weighted by Crippen LogP contribution is -2.09. The van der Waals surface area contributed by atoms with Gasteiger partial charge in [0.1, 0.15) is 17.3 Å². The van der Waals surface area contributed by atoms with Crippen molar-refractivity contribution in [2.24, 2.45) is 0 Å². The molecule has 6 heteroatoms. The van der Waals surface area contributed by atoms with Crippen molar-refractivity contribution in [2.45, 2.75) is 39.7 Å². The molecule has 0 spiro atoms.